The average molecular weight is 418 g/mol. The third kappa shape index (κ3) is 4.58. The molecule has 3 aromatic rings. The molecule has 0 unspecified atom stereocenters. The van der Waals surface area contributed by atoms with E-state index in [9.17, 15) is 0 Å². The van der Waals surface area contributed by atoms with E-state index in [0.717, 1.165) is 52.6 Å². The maximum Gasteiger partial charge on any atom is 0.161 e. The van der Waals surface area contributed by atoms with Crippen LogP contribution in [0.4, 0.5) is 0 Å². The van der Waals surface area contributed by atoms with Crippen molar-refractivity contribution >= 4 is 16.5 Å². The largest absolute Gasteiger partial charge is 0.497 e. The van der Waals surface area contributed by atoms with Crippen LogP contribution in [0.25, 0.3) is 16.5 Å². The second-order valence-electron chi connectivity index (χ2n) is 7.11. The zero-order valence-corrected chi connectivity index (χ0v) is 18.0. The van der Waals surface area contributed by atoms with E-state index in [1.807, 2.05) is 36.4 Å². The summed E-state index contributed by atoms with van der Waals surface area (Å²) in [5.74, 6) is 3.06. The van der Waals surface area contributed by atoms with Crippen molar-refractivity contribution in [3.05, 3.63) is 72.6 Å². The molecule has 1 aromatic heterocycles. The number of pyridine rings is 1. The van der Waals surface area contributed by atoms with Crippen LogP contribution in [-0.4, -0.2) is 50.9 Å². The number of nitrogens with zero attached hydrogens (tertiary/aromatic N) is 2. The minimum Gasteiger partial charge on any atom is -0.497 e. The van der Waals surface area contributed by atoms with Crippen molar-refractivity contribution in [3.63, 3.8) is 0 Å². The molecule has 0 aliphatic carbocycles. The van der Waals surface area contributed by atoms with E-state index in [1.54, 1.807) is 27.5 Å². The number of fused-ring (bicyclic) bond motifs is 1. The number of ether oxygens (including phenoxy) is 4. The summed E-state index contributed by atoms with van der Waals surface area (Å²) in [5, 5.41) is 0.975. The number of aromatic nitrogens is 1. The second kappa shape index (κ2) is 9.43. The van der Waals surface area contributed by atoms with Gasteiger partial charge in [0.1, 0.15) is 18.1 Å². The second-order valence-corrected chi connectivity index (χ2v) is 7.11. The summed E-state index contributed by atoms with van der Waals surface area (Å²) >= 11 is 0. The van der Waals surface area contributed by atoms with Gasteiger partial charge in [-0.05, 0) is 53.7 Å². The maximum absolute atomic E-state index is 6.09. The topological polar surface area (TPSA) is 53.1 Å². The van der Waals surface area contributed by atoms with Gasteiger partial charge < -0.3 is 23.8 Å². The maximum atomic E-state index is 6.09. The first-order valence-corrected chi connectivity index (χ1v) is 10.1. The fourth-order valence-electron chi connectivity index (χ4n) is 3.61. The molecule has 2 heterocycles. The molecule has 0 radical (unpaired) electrons. The van der Waals surface area contributed by atoms with Crippen molar-refractivity contribution in [1.29, 1.82) is 0 Å². The van der Waals surface area contributed by atoms with E-state index in [1.165, 1.54) is 5.57 Å². The number of hydrogen-bond acceptors (Lipinski definition) is 6. The summed E-state index contributed by atoms with van der Waals surface area (Å²) in [6, 6.07) is 13.7. The molecule has 0 fully saturated rings. The Labute approximate surface area is 182 Å². The summed E-state index contributed by atoms with van der Waals surface area (Å²) in [4.78, 5) is 6.64. The Balaban J connectivity index is 1.39. The minimum absolute atomic E-state index is 0.564. The molecule has 1 aliphatic rings. The molecule has 2 aromatic carbocycles. The number of allylic oxidation sites excluding steroid dienone is 2. The molecule has 0 saturated heterocycles. The number of hydrogen-bond donors (Lipinski definition) is 0. The molecular weight excluding hydrogens is 392 g/mol. The Morgan fingerprint density at radius 3 is 2.58 bits per heavy atom. The van der Waals surface area contributed by atoms with Crippen LogP contribution in [0, 0.1) is 0 Å². The highest BCUT2D eigenvalue weighted by atomic mass is 16.5. The summed E-state index contributed by atoms with van der Waals surface area (Å²) in [6.07, 6.45) is 8.03. The van der Waals surface area contributed by atoms with Gasteiger partial charge in [-0.3, -0.25) is 4.98 Å². The Bertz CT molecular complexity index is 1120. The number of methoxy groups -OCH3 is 3. The molecule has 0 bridgehead atoms. The van der Waals surface area contributed by atoms with Crippen LogP contribution in [0.1, 0.15) is 5.56 Å². The fourth-order valence-corrected chi connectivity index (χ4v) is 3.61. The predicted molar refractivity (Wildman–Crippen MR) is 122 cm³/mol. The molecule has 6 heteroatoms. The number of rotatable bonds is 8. The van der Waals surface area contributed by atoms with Gasteiger partial charge in [-0.1, -0.05) is 12.1 Å². The Kier molecular flexibility index (Phi) is 6.26. The quantitative estimate of drug-likeness (QED) is 0.535. The lowest BCUT2D eigenvalue weighted by atomic mass is 10.0. The van der Waals surface area contributed by atoms with Gasteiger partial charge in [0.05, 0.1) is 33.4 Å². The molecule has 1 aliphatic heterocycles. The summed E-state index contributed by atoms with van der Waals surface area (Å²) in [5.41, 5.74) is 3.18. The lowest BCUT2D eigenvalue weighted by Crippen LogP contribution is -2.26. The van der Waals surface area contributed by atoms with E-state index in [2.05, 4.69) is 34.3 Å². The fraction of sp³-hybridized carbons (Fsp3) is 0.240. The first-order valence-electron chi connectivity index (χ1n) is 10.1. The molecule has 0 atom stereocenters. The first kappa shape index (κ1) is 20.6. The highest BCUT2D eigenvalue weighted by molar-refractivity contribution is 5.86. The SMILES string of the molecule is COc1ccc2c(OCCN3C=CC=C(c4ccc(OC)c(OC)c4)C3)ccnc2c1. The Morgan fingerprint density at radius 1 is 0.903 bits per heavy atom. The van der Waals surface area contributed by atoms with E-state index in [4.69, 9.17) is 18.9 Å². The zero-order chi connectivity index (χ0) is 21.6. The average Bonchev–Trinajstić information content (AvgIpc) is 2.83. The molecule has 0 saturated carbocycles. The van der Waals surface area contributed by atoms with E-state index in [-0.39, 0.29) is 0 Å². The van der Waals surface area contributed by atoms with Crippen LogP contribution in [0.3, 0.4) is 0 Å². The van der Waals surface area contributed by atoms with Gasteiger partial charge in [-0.25, -0.2) is 0 Å². The minimum atomic E-state index is 0.564. The lowest BCUT2D eigenvalue weighted by molar-refractivity contribution is 0.267. The predicted octanol–water partition coefficient (Wildman–Crippen LogP) is 4.55. The van der Waals surface area contributed by atoms with Crippen molar-refractivity contribution in [1.82, 2.24) is 9.88 Å². The van der Waals surface area contributed by atoms with Crippen molar-refractivity contribution < 1.29 is 18.9 Å². The Hall–Kier alpha value is -3.67. The van der Waals surface area contributed by atoms with Crippen molar-refractivity contribution in [2.45, 2.75) is 0 Å². The van der Waals surface area contributed by atoms with E-state index >= 15 is 0 Å². The highest BCUT2D eigenvalue weighted by Gasteiger charge is 2.13. The molecule has 0 N–H and O–H groups in total. The molecule has 31 heavy (non-hydrogen) atoms. The third-order valence-electron chi connectivity index (χ3n) is 5.27. The van der Waals surface area contributed by atoms with Crippen LogP contribution >= 0.6 is 0 Å². The molecule has 4 rings (SSSR count). The third-order valence-corrected chi connectivity index (χ3v) is 5.27. The van der Waals surface area contributed by atoms with E-state index in [0.29, 0.717) is 6.61 Å². The van der Waals surface area contributed by atoms with Crippen LogP contribution in [-0.2, 0) is 0 Å². The van der Waals surface area contributed by atoms with Gasteiger partial charge >= 0.3 is 0 Å². The van der Waals surface area contributed by atoms with Crippen molar-refractivity contribution in [2.24, 2.45) is 0 Å². The van der Waals surface area contributed by atoms with Crippen molar-refractivity contribution in [2.75, 3.05) is 41.0 Å². The van der Waals surface area contributed by atoms with Gasteiger partial charge in [-0.2, -0.15) is 0 Å². The first-order chi connectivity index (χ1) is 15.2. The van der Waals surface area contributed by atoms with Gasteiger partial charge in [0, 0.05) is 24.2 Å². The normalized spacial score (nSPS) is 13.1. The molecule has 6 nitrogen and oxygen atoms in total. The van der Waals surface area contributed by atoms with Gasteiger partial charge in [-0.15, -0.1) is 0 Å². The van der Waals surface area contributed by atoms with Crippen molar-refractivity contribution in [3.8, 4) is 23.0 Å². The van der Waals surface area contributed by atoms with Gasteiger partial charge in [0.25, 0.3) is 0 Å². The lowest BCUT2D eigenvalue weighted by Gasteiger charge is -2.25. The van der Waals surface area contributed by atoms with Crippen LogP contribution in [0.15, 0.2) is 67.0 Å². The van der Waals surface area contributed by atoms with Gasteiger partial charge in [0.15, 0.2) is 11.5 Å². The molecule has 0 amide bonds. The zero-order valence-electron chi connectivity index (χ0n) is 18.0. The van der Waals surface area contributed by atoms with E-state index < -0.39 is 0 Å². The summed E-state index contributed by atoms with van der Waals surface area (Å²) in [6.45, 7) is 2.12. The van der Waals surface area contributed by atoms with Gasteiger partial charge in [0.2, 0.25) is 0 Å². The van der Waals surface area contributed by atoms with Crippen LogP contribution in [0.5, 0.6) is 23.0 Å². The Morgan fingerprint density at radius 2 is 1.77 bits per heavy atom. The number of benzene rings is 2. The van der Waals surface area contributed by atoms with Crippen LogP contribution < -0.4 is 18.9 Å². The smallest absolute Gasteiger partial charge is 0.161 e. The van der Waals surface area contributed by atoms with Crippen LogP contribution in [0.2, 0.25) is 0 Å². The summed E-state index contributed by atoms with van der Waals surface area (Å²) < 4.78 is 22.2. The highest BCUT2D eigenvalue weighted by Crippen LogP contribution is 2.31. The molecular formula is C25H26N2O4. The monoisotopic (exact) mass is 418 g/mol. The standard InChI is InChI=1S/C25H26N2O4/c1-28-20-7-8-21-22(16-20)26-11-10-23(21)31-14-13-27-12-4-5-19(17-27)18-6-9-24(29-2)25(15-18)30-3/h4-12,15-16H,13-14,17H2,1-3H3. The summed E-state index contributed by atoms with van der Waals surface area (Å²) in [7, 11) is 4.95. The molecule has 160 valence electrons. The molecule has 0 spiro atoms.